The fraction of sp³-hybridized carbons (Fsp3) is 0.350. The SMILES string of the molecule is CC(Oc1ccccc1)C(=O)NCCn1nc(-c2ccco2)n(C2CC2)c1=O. The second kappa shape index (κ2) is 7.75. The number of rotatable bonds is 8. The molecule has 1 fully saturated rings. The number of carbonyl (C=O) groups is 1. The fourth-order valence-electron chi connectivity index (χ4n) is 2.99. The van der Waals surface area contributed by atoms with Gasteiger partial charge in [0, 0.05) is 12.6 Å². The van der Waals surface area contributed by atoms with Crippen LogP contribution in [0.2, 0.25) is 0 Å². The molecular formula is C20H22N4O4. The lowest BCUT2D eigenvalue weighted by Crippen LogP contribution is -2.39. The monoisotopic (exact) mass is 382 g/mol. The van der Waals surface area contributed by atoms with Crippen molar-refractivity contribution in [3.8, 4) is 17.3 Å². The maximum Gasteiger partial charge on any atom is 0.346 e. The van der Waals surface area contributed by atoms with Crippen LogP contribution in [0.25, 0.3) is 11.6 Å². The number of nitrogens with zero attached hydrogens (tertiary/aromatic N) is 3. The van der Waals surface area contributed by atoms with Crippen LogP contribution >= 0.6 is 0 Å². The molecule has 3 aromatic rings. The molecule has 8 heteroatoms. The average molecular weight is 382 g/mol. The number of hydrogen-bond acceptors (Lipinski definition) is 5. The number of nitrogens with one attached hydrogen (secondary N) is 1. The molecule has 0 saturated heterocycles. The molecule has 1 aliphatic rings. The zero-order chi connectivity index (χ0) is 19.5. The zero-order valence-corrected chi connectivity index (χ0v) is 15.6. The maximum atomic E-state index is 12.7. The van der Waals surface area contributed by atoms with Gasteiger partial charge in [-0.1, -0.05) is 18.2 Å². The van der Waals surface area contributed by atoms with Crippen molar-refractivity contribution in [3.05, 3.63) is 59.2 Å². The molecule has 4 rings (SSSR count). The van der Waals surface area contributed by atoms with Crippen molar-refractivity contribution in [1.82, 2.24) is 19.7 Å². The van der Waals surface area contributed by atoms with Crippen molar-refractivity contribution in [2.75, 3.05) is 6.54 Å². The summed E-state index contributed by atoms with van der Waals surface area (Å²) in [6.45, 7) is 2.24. The number of benzene rings is 1. The molecule has 0 radical (unpaired) electrons. The molecule has 1 unspecified atom stereocenters. The third-order valence-electron chi connectivity index (χ3n) is 4.57. The van der Waals surface area contributed by atoms with Crippen LogP contribution in [-0.4, -0.2) is 32.9 Å². The smallest absolute Gasteiger partial charge is 0.346 e. The Kier molecular flexibility index (Phi) is 5.01. The summed E-state index contributed by atoms with van der Waals surface area (Å²) in [7, 11) is 0. The Balaban J connectivity index is 1.38. The van der Waals surface area contributed by atoms with Crippen LogP contribution < -0.4 is 15.7 Å². The van der Waals surface area contributed by atoms with Gasteiger partial charge in [-0.05, 0) is 44.0 Å². The van der Waals surface area contributed by atoms with Gasteiger partial charge in [0.1, 0.15) is 5.75 Å². The zero-order valence-electron chi connectivity index (χ0n) is 15.6. The van der Waals surface area contributed by atoms with E-state index in [0.717, 1.165) is 12.8 Å². The number of carbonyl (C=O) groups excluding carboxylic acids is 1. The van der Waals surface area contributed by atoms with Crippen molar-refractivity contribution in [3.63, 3.8) is 0 Å². The molecule has 1 aromatic carbocycles. The summed E-state index contributed by atoms with van der Waals surface area (Å²) in [5.74, 6) is 1.48. The number of para-hydroxylation sites is 1. The van der Waals surface area contributed by atoms with E-state index < -0.39 is 6.10 Å². The lowest BCUT2D eigenvalue weighted by molar-refractivity contribution is -0.127. The fourth-order valence-corrected chi connectivity index (χ4v) is 2.99. The third kappa shape index (κ3) is 3.85. The molecule has 2 heterocycles. The van der Waals surface area contributed by atoms with Crippen molar-refractivity contribution in [1.29, 1.82) is 0 Å². The molecule has 1 N–H and O–H groups in total. The summed E-state index contributed by atoms with van der Waals surface area (Å²) < 4.78 is 14.1. The van der Waals surface area contributed by atoms with E-state index in [1.165, 1.54) is 4.68 Å². The van der Waals surface area contributed by atoms with Crippen LogP contribution in [0.15, 0.2) is 57.9 Å². The first-order valence-electron chi connectivity index (χ1n) is 9.36. The van der Waals surface area contributed by atoms with E-state index in [0.29, 0.717) is 17.3 Å². The second-order valence-electron chi connectivity index (χ2n) is 6.77. The molecule has 0 bridgehead atoms. The summed E-state index contributed by atoms with van der Waals surface area (Å²) in [5.41, 5.74) is -0.184. The highest BCUT2D eigenvalue weighted by molar-refractivity contribution is 5.80. The molecule has 28 heavy (non-hydrogen) atoms. The largest absolute Gasteiger partial charge is 0.481 e. The van der Waals surface area contributed by atoms with Gasteiger partial charge in [0.25, 0.3) is 5.91 Å². The molecule has 1 amide bonds. The minimum atomic E-state index is -0.637. The predicted molar refractivity (Wildman–Crippen MR) is 102 cm³/mol. The number of hydrogen-bond donors (Lipinski definition) is 1. The second-order valence-corrected chi connectivity index (χ2v) is 6.77. The summed E-state index contributed by atoms with van der Waals surface area (Å²) in [5, 5.41) is 7.20. The Morgan fingerprint density at radius 3 is 2.75 bits per heavy atom. The summed E-state index contributed by atoms with van der Waals surface area (Å²) in [6.07, 6.45) is 2.85. The molecule has 8 nitrogen and oxygen atoms in total. The highest BCUT2D eigenvalue weighted by Gasteiger charge is 2.31. The first-order valence-corrected chi connectivity index (χ1v) is 9.36. The van der Waals surface area contributed by atoms with Gasteiger partial charge in [-0.15, -0.1) is 5.10 Å². The Bertz CT molecular complexity index is 987. The molecule has 1 aliphatic carbocycles. The Morgan fingerprint density at radius 1 is 1.29 bits per heavy atom. The first-order chi connectivity index (χ1) is 13.6. The molecule has 2 aromatic heterocycles. The van der Waals surface area contributed by atoms with Crippen molar-refractivity contribution < 1.29 is 13.9 Å². The molecule has 0 aliphatic heterocycles. The van der Waals surface area contributed by atoms with Crippen LogP contribution in [0.4, 0.5) is 0 Å². The standard InChI is InChI=1S/C20H22N4O4/c1-14(28-16-6-3-2-4-7-16)19(25)21-11-12-23-20(26)24(15-9-10-15)18(22-23)17-8-5-13-27-17/h2-8,13-15H,9-12H2,1H3,(H,21,25). The topological polar surface area (TPSA) is 91.3 Å². The maximum absolute atomic E-state index is 12.7. The lowest BCUT2D eigenvalue weighted by atomic mass is 10.3. The van der Waals surface area contributed by atoms with Gasteiger partial charge in [0.15, 0.2) is 11.9 Å². The van der Waals surface area contributed by atoms with Crippen molar-refractivity contribution >= 4 is 5.91 Å². The van der Waals surface area contributed by atoms with Crippen LogP contribution in [0.1, 0.15) is 25.8 Å². The molecule has 1 atom stereocenters. The molecule has 1 saturated carbocycles. The van der Waals surface area contributed by atoms with Gasteiger partial charge in [-0.2, -0.15) is 0 Å². The van der Waals surface area contributed by atoms with Gasteiger partial charge in [0.05, 0.1) is 12.8 Å². The summed E-state index contributed by atoms with van der Waals surface area (Å²) in [6, 6.07) is 12.9. The quantitative estimate of drug-likeness (QED) is 0.645. The van der Waals surface area contributed by atoms with Gasteiger partial charge in [0.2, 0.25) is 5.82 Å². The summed E-state index contributed by atoms with van der Waals surface area (Å²) >= 11 is 0. The Labute approximate surface area is 161 Å². The summed E-state index contributed by atoms with van der Waals surface area (Å²) in [4.78, 5) is 24.9. The van der Waals surface area contributed by atoms with Crippen molar-refractivity contribution in [2.24, 2.45) is 0 Å². The van der Waals surface area contributed by atoms with Gasteiger partial charge in [-0.3, -0.25) is 9.36 Å². The number of ether oxygens (including phenoxy) is 1. The molecular weight excluding hydrogens is 360 g/mol. The number of aromatic nitrogens is 3. The predicted octanol–water partition coefficient (Wildman–Crippen LogP) is 2.22. The number of amides is 1. The van der Waals surface area contributed by atoms with Gasteiger partial charge < -0.3 is 14.5 Å². The van der Waals surface area contributed by atoms with E-state index in [1.807, 2.05) is 18.2 Å². The molecule has 0 spiro atoms. The normalized spacial score (nSPS) is 14.6. The third-order valence-corrected chi connectivity index (χ3v) is 4.57. The van der Waals surface area contributed by atoms with E-state index in [4.69, 9.17) is 9.15 Å². The van der Waals surface area contributed by atoms with Crippen molar-refractivity contribution in [2.45, 2.75) is 38.5 Å². The highest BCUT2D eigenvalue weighted by Crippen LogP contribution is 2.36. The minimum absolute atomic E-state index is 0.176. The van der Waals surface area contributed by atoms with Crippen LogP contribution in [-0.2, 0) is 11.3 Å². The molecule has 146 valence electrons. The van der Waals surface area contributed by atoms with Crippen LogP contribution in [0.3, 0.4) is 0 Å². The van der Waals surface area contributed by atoms with E-state index >= 15 is 0 Å². The average Bonchev–Trinajstić information content (AvgIpc) is 3.27. The number of furan rings is 1. The van der Waals surface area contributed by atoms with E-state index in [-0.39, 0.29) is 30.7 Å². The van der Waals surface area contributed by atoms with E-state index in [2.05, 4.69) is 10.4 Å². The van der Waals surface area contributed by atoms with Crippen LogP contribution in [0.5, 0.6) is 5.75 Å². The van der Waals surface area contributed by atoms with Crippen LogP contribution in [0, 0.1) is 0 Å². The van der Waals surface area contributed by atoms with Gasteiger partial charge >= 0.3 is 5.69 Å². The van der Waals surface area contributed by atoms with Gasteiger partial charge in [-0.25, -0.2) is 9.48 Å². The highest BCUT2D eigenvalue weighted by atomic mass is 16.5. The lowest BCUT2D eigenvalue weighted by Gasteiger charge is -2.14. The van der Waals surface area contributed by atoms with E-state index in [1.54, 1.807) is 42.0 Å². The Hall–Kier alpha value is -3.29. The Morgan fingerprint density at radius 2 is 2.07 bits per heavy atom. The minimum Gasteiger partial charge on any atom is -0.481 e. The van der Waals surface area contributed by atoms with E-state index in [9.17, 15) is 9.59 Å². The first kappa shape index (κ1) is 18.1.